The van der Waals surface area contributed by atoms with Gasteiger partial charge in [-0.05, 0) is 124 Å². The minimum atomic E-state index is -0.192. The van der Waals surface area contributed by atoms with E-state index in [0.29, 0.717) is 51.0 Å². The highest BCUT2D eigenvalue weighted by atomic mass is 35.5. The number of likely N-dealkylation sites (tertiary alicyclic amines) is 1. The summed E-state index contributed by atoms with van der Waals surface area (Å²) in [6.07, 6.45) is 10.9. The Morgan fingerprint density at radius 2 is 1.70 bits per heavy atom. The number of fused-ring (bicyclic) bond motifs is 2. The number of ether oxygens (including phenoxy) is 1. The number of carbonyl (C=O) groups is 2. The lowest BCUT2D eigenvalue weighted by Crippen LogP contribution is -2.67. The molecule has 64 heavy (non-hydrogen) atoms. The fourth-order valence-electron chi connectivity index (χ4n) is 12.4. The highest BCUT2D eigenvalue weighted by Crippen LogP contribution is 2.57. The number of halogens is 1. The molecule has 2 amide bonds. The maximum Gasteiger partial charge on any atom is 0.272 e. The minimum absolute atomic E-state index is 0.0387. The molecule has 7 aliphatic rings. The third-order valence-electron chi connectivity index (χ3n) is 15.5. The smallest absolute Gasteiger partial charge is 0.272 e. The molecule has 15 heteroatoms. The van der Waals surface area contributed by atoms with Crippen LogP contribution in [0.3, 0.4) is 0 Å². The Morgan fingerprint density at radius 3 is 2.42 bits per heavy atom. The molecule has 5 fully saturated rings. The summed E-state index contributed by atoms with van der Waals surface area (Å²) >= 11 is 6.17. The van der Waals surface area contributed by atoms with Crippen molar-refractivity contribution in [1.82, 2.24) is 35.1 Å². The third-order valence-corrected chi connectivity index (χ3v) is 15.8. The number of hydrogen-bond acceptors (Lipinski definition) is 11. The van der Waals surface area contributed by atoms with Crippen molar-refractivity contribution in [1.29, 1.82) is 10.5 Å². The topological polar surface area (TPSA) is 160 Å². The molecule has 3 aliphatic carbocycles. The van der Waals surface area contributed by atoms with E-state index in [1.807, 2.05) is 23.1 Å². The van der Waals surface area contributed by atoms with Crippen molar-refractivity contribution in [2.24, 2.45) is 16.7 Å². The molecule has 2 saturated heterocycles. The quantitative estimate of drug-likeness (QED) is 0.190. The molecule has 14 nitrogen and oxygen atoms in total. The highest BCUT2D eigenvalue weighted by Gasteiger charge is 2.57. The van der Waals surface area contributed by atoms with E-state index in [4.69, 9.17) is 26.7 Å². The van der Waals surface area contributed by atoms with E-state index >= 15 is 0 Å². The molecule has 0 bridgehead atoms. The number of anilines is 3. The number of hydrogen-bond donors (Lipinski definition) is 1. The number of carbonyl (C=O) groups excluding carboxylic acids is 2. The summed E-state index contributed by atoms with van der Waals surface area (Å²) in [5.74, 6) is 3.15. The molecule has 11 rings (SSSR count). The van der Waals surface area contributed by atoms with Crippen LogP contribution in [0.4, 0.5) is 17.3 Å². The van der Waals surface area contributed by atoms with Crippen LogP contribution in [0, 0.1) is 39.4 Å². The molecular formula is C49H54ClN11O3. The standard InChI is InChI=1S/C49H54ClN11O3/c1-31(62)58-16-14-44-40(26-58)46(60-15-2-3-34-17-32(23-51)4-12-43(34)60)56-61(44)37-21-49(22-37)27-57(28-49)25-33-19-48(20-33)29-59(30-48)45-13-11-42(54-55-45)47(63)53-36-6-9-38(10-7-36)64-39-8-5-35(24-52)41(50)18-39/h4-5,8,11-13,17-18,33,36-38H,2-3,6-7,9-10,14-16,19-22,25-30H2,1H3,(H,53,63). The van der Waals surface area contributed by atoms with Crippen molar-refractivity contribution in [2.45, 2.75) is 102 Å². The normalized spacial score (nSPS) is 24.2. The Labute approximate surface area is 379 Å². The zero-order valence-electron chi connectivity index (χ0n) is 36.4. The maximum atomic E-state index is 13.1. The lowest BCUT2D eigenvalue weighted by molar-refractivity contribution is -0.129. The average molecular weight is 880 g/mol. The van der Waals surface area contributed by atoms with Crippen molar-refractivity contribution in [3.05, 3.63) is 87.2 Å². The Morgan fingerprint density at radius 1 is 0.906 bits per heavy atom. The van der Waals surface area contributed by atoms with E-state index in [-0.39, 0.29) is 24.0 Å². The van der Waals surface area contributed by atoms with Crippen LogP contribution < -0.4 is 19.9 Å². The number of rotatable bonds is 9. The number of aromatic nitrogens is 4. The van der Waals surface area contributed by atoms with Gasteiger partial charge in [-0.2, -0.15) is 15.6 Å². The van der Waals surface area contributed by atoms with Crippen molar-refractivity contribution in [3.63, 3.8) is 0 Å². The number of aryl methyl sites for hydroxylation is 1. The van der Waals surface area contributed by atoms with E-state index in [2.05, 4.69) is 53.1 Å². The Hall–Kier alpha value is -5.70. The van der Waals surface area contributed by atoms with Gasteiger partial charge in [0.25, 0.3) is 5.91 Å². The first kappa shape index (κ1) is 41.0. The van der Waals surface area contributed by atoms with Crippen LogP contribution in [0.5, 0.6) is 5.75 Å². The van der Waals surface area contributed by atoms with Crippen LogP contribution in [0.2, 0.25) is 5.02 Å². The first-order chi connectivity index (χ1) is 31.0. The zero-order valence-corrected chi connectivity index (χ0v) is 37.2. The van der Waals surface area contributed by atoms with E-state index in [9.17, 15) is 14.9 Å². The molecule has 1 N–H and O–H groups in total. The number of nitrogens with one attached hydrogen (secondary N) is 1. The summed E-state index contributed by atoms with van der Waals surface area (Å²) in [6.45, 7) is 9.43. The van der Waals surface area contributed by atoms with E-state index < -0.39 is 0 Å². The second kappa shape index (κ2) is 16.1. The number of benzene rings is 2. The Kier molecular flexibility index (Phi) is 10.3. The third kappa shape index (κ3) is 7.52. The molecule has 0 atom stereocenters. The molecule has 4 aliphatic heterocycles. The van der Waals surface area contributed by atoms with Gasteiger partial charge in [0.05, 0.1) is 40.9 Å². The van der Waals surface area contributed by atoms with Crippen molar-refractivity contribution in [3.8, 4) is 17.9 Å². The molecule has 4 aromatic rings. The fourth-order valence-corrected chi connectivity index (χ4v) is 12.6. The van der Waals surface area contributed by atoms with Crippen LogP contribution in [-0.4, -0.2) is 99.6 Å². The van der Waals surface area contributed by atoms with Gasteiger partial charge in [-0.15, -0.1) is 10.2 Å². The SMILES string of the molecule is CC(=O)N1CCc2c(c(N3CCCc4cc(C#N)ccc43)nn2C2CC3(C2)CN(CC2CC4(C2)CN(c2ccc(C(=O)NC5CCC(Oc6ccc(C#N)c(Cl)c6)CC5)nn2)C4)C3)C1. The predicted molar refractivity (Wildman–Crippen MR) is 240 cm³/mol. The molecular weight excluding hydrogens is 826 g/mol. The summed E-state index contributed by atoms with van der Waals surface area (Å²) in [7, 11) is 0. The summed E-state index contributed by atoms with van der Waals surface area (Å²) in [5, 5.41) is 36.3. The van der Waals surface area contributed by atoms with Crippen LogP contribution in [0.25, 0.3) is 0 Å². The summed E-state index contributed by atoms with van der Waals surface area (Å²) in [5.41, 5.74) is 7.08. The van der Waals surface area contributed by atoms with Gasteiger partial charge in [-0.3, -0.25) is 14.3 Å². The van der Waals surface area contributed by atoms with Crippen molar-refractivity contribution >= 4 is 40.7 Å². The molecule has 2 spiro atoms. The first-order valence-corrected chi connectivity index (χ1v) is 23.6. The van der Waals surface area contributed by atoms with E-state index in [1.54, 1.807) is 31.2 Å². The number of amides is 2. The molecule has 330 valence electrons. The van der Waals surface area contributed by atoms with E-state index in [1.165, 1.54) is 49.3 Å². The average Bonchev–Trinajstić information content (AvgIpc) is 3.62. The van der Waals surface area contributed by atoms with Crippen molar-refractivity contribution < 1.29 is 14.3 Å². The predicted octanol–water partition coefficient (Wildman–Crippen LogP) is 6.73. The first-order valence-electron chi connectivity index (χ1n) is 23.2. The number of nitrogens with zero attached hydrogens (tertiary/aromatic N) is 10. The van der Waals surface area contributed by atoms with Crippen LogP contribution >= 0.6 is 11.6 Å². The minimum Gasteiger partial charge on any atom is -0.490 e. The molecule has 0 unspecified atom stereocenters. The van der Waals surface area contributed by atoms with Gasteiger partial charge >= 0.3 is 0 Å². The van der Waals surface area contributed by atoms with Gasteiger partial charge in [0.2, 0.25) is 5.91 Å². The monoisotopic (exact) mass is 879 g/mol. The second-order valence-corrected chi connectivity index (χ2v) is 20.5. The fraction of sp³-hybridized carbons (Fsp3) is 0.531. The largest absolute Gasteiger partial charge is 0.490 e. The zero-order chi connectivity index (χ0) is 43.7. The van der Waals surface area contributed by atoms with Crippen LogP contribution in [0.15, 0.2) is 48.5 Å². The van der Waals surface area contributed by atoms with Crippen LogP contribution in [0.1, 0.15) is 109 Å². The number of nitriles is 2. The van der Waals surface area contributed by atoms with Crippen LogP contribution in [-0.2, 0) is 24.2 Å². The summed E-state index contributed by atoms with van der Waals surface area (Å²) in [6, 6.07) is 19.7. The van der Waals surface area contributed by atoms with Crippen molar-refractivity contribution in [2.75, 3.05) is 55.6 Å². The molecule has 2 aromatic heterocycles. The Bertz CT molecular complexity index is 2560. The Balaban J connectivity index is 0.626. The van der Waals surface area contributed by atoms with Gasteiger partial charge in [0.1, 0.15) is 11.8 Å². The van der Waals surface area contributed by atoms with Gasteiger partial charge in [0.15, 0.2) is 17.3 Å². The van der Waals surface area contributed by atoms with Gasteiger partial charge in [0, 0.05) is 93.6 Å². The van der Waals surface area contributed by atoms with Gasteiger partial charge in [-0.1, -0.05) is 11.6 Å². The molecule has 6 heterocycles. The second-order valence-electron chi connectivity index (χ2n) is 20.1. The lowest BCUT2D eigenvalue weighted by atomic mass is 9.56. The van der Waals surface area contributed by atoms with Gasteiger partial charge < -0.3 is 29.7 Å². The lowest BCUT2D eigenvalue weighted by Gasteiger charge is -2.63. The van der Waals surface area contributed by atoms with Gasteiger partial charge in [-0.25, -0.2) is 0 Å². The van der Waals surface area contributed by atoms with E-state index in [0.717, 1.165) is 107 Å². The maximum absolute atomic E-state index is 13.1. The highest BCUT2D eigenvalue weighted by molar-refractivity contribution is 6.31. The molecule has 2 aromatic carbocycles. The summed E-state index contributed by atoms with van der Waals surface area (Å²) in [4.78, 5) is 34.9. The summed E-state index contributed by atoms with van der Waals surface area (Å²) < 4.78 is 8.45. The molecule has 0 radical (unpaired) electrons. The molecule has 3 saturated carbocycles.